The van der Waals surface area contributed by atoms with Gasteiger partial charge in [-0.05, 0) is 23.0 Å². The maximum Gasteiger partial charge on any atom is 0.453 e. The molecule has 0 aliphatic rings. The summed E-state index contributed by atoms with van der Waals surface area (Å²) in [5.41, 5.74) is 2.18. The standard InChI is InChI=1S/C18H24F3N5OS/c1-10(2)12-5-7-13(8-6-12)15(11(3)4)23-14(27)9-28-17-25-24-16(26(17)22)18(19,20)21/h5-8,10-11,15H,9,22H2,1-4H3,(H,23,27)/t15-/m0/s1. The molecule has 0 bridgehead atoms. The molecule has 10 heteroatoms. The van der Waals surface area contributed by atoms with Gasteiger partial charge in [0.2, 0.25) is 11.1 Å². The van der Waals surface area contributed by atoms with Crippen LogP contribution in [0.15, 0.2) is 29.4 Å². The smallest absolute Gasteiger partial charge is 0.348 e. The minimum Gasteiger partial charge on any atom is -0.348 e. The van der Waals surface area contributed by atoms with Crippen molar-refractivity contribution in [3.05, 3.63) is 41.2 Å². The summed E-state index contributed by atoms with van der Waals surface area (Å²) in [6.45, 7) is 8.18. The number of aromatic nitrogens is 3. The molecule has 0 fully saturated rings. The van der Waals surface area contributed by atoms with Crippen molar-refractivity contribution in [2.45, 2.75) is 51.0 Å². The lowest BCUT2D eigenvalue weighted by Gasteiger charge is -2.23. The molecule has 2 rings (SSSR count). The van der Waals surface area contributed by atoms with Crippen molar-refractivity contribution in [2.24, 2.45) is 5.92 Å². The normalized spacial score (nSPS) is 13.2. The van der Waals surface area contributed by atoms with E-state index >= 15 is 0 Å². The minimum atomic E-state index is -4.70. The fraction of sp³-hybridized carbons (Fsp3) is 0.500. The van der Waals surface area contributed by atoms with Crippen molar-refractivity contribution in [3.8, 4) is 0 Å². The quantitative estimate of drug-likeness (QED) is 0.532. The highest BCUT2D eigenvalue weighted by Gasteiger charge is 2.38. The SMILES string of the molecule is CC(C)c1ccc([C@@H](NC(=O)CSc2nnc(C(F)(F)F)n2N)C(C)C)cc1. The second kappa shape index (κ2) is 8.85. The van der Waals surface area contributed by atoms with Crippen LogP contribution in [0.25, 0.3) is 0 Å². The molecule has 0 aliphatic heterocycles. The molecule has 1 atom stereocenters. The van der Waals surface area contributed by atoms with Crippen molar-refractivity contribution in [1.82, 2.24) is 20.2 Å². The Morgan fingerprint density at radius 2 is 1.71 bits per heavy atom. The number of nitrogens with two attached hydrogens (primary N) is 1. The van der Waals surface area contributed by atoms with E-state index in [1.165, 1.54) is 5.56 Å². The summed E-state index contributed by atoms with van der Waals surface area (Å²) in [6, 6.07) is 7.83. The molecule has 0 saturated carbocycles. The van der Waals surface area contributed by atoms with Crippen LogP contribution in [0.2, 0.25) is 0 Å². The summed E-state index contributed by atoms with van der Waals surface area (Å²) in [4.78, 5) is 12.3. The van der Waals surface area contributed by atoms with Crippen LogP contribution in [-0.4, -0.2) is 26.5 Å². The Morgan fingerprint density at radius 1 is 1.14 bits per heavy atom. The molecule has 0 saturated heterocycles. The van der Waals surface area contributed by atoms with Gasteiger partial charge in [-0.3, -0.25) is 4.79 Å². The molecule has 0 radical (unpaired) electrons. The summed E-state index contributed by atoms with van der Waals surface area (Å²) in [5, 5.41) is 9.19. The lowest BCUT2D eigenvalue weighted by Crippen LogP contribution is -2.33. The third kappa shape index (κ3) is 5.40. The maximum absolute atomic E-state index is 12.7. The van der Waals surface area contributed by atoms with E-state index in [4.69, 9.17) is 5.84 Å². The third-order valence-electron chi connectivity index (χ3n) is 4.20. The third-order valence-corrected chi connectivity index (χ3v) is 5.14. The van der Waals surface area contributed by atoms with E-state index in [2.05, 4.69) is 29.4 Å². The van der Waals surface area contributed by atoms with Crippen LogP contribution in [0, 0.1) is 5.92 Å². The number of nitrogens with one attached hydrogen (secondary N) is 1. The fourth-order valence-corrected chi connectivity index (χ4v) is 3.30. The first-order valence-electron chi connectivity index (χ1n) is 8.80. The summed E-state index contributed by atoms with van der Waals surface area (Å²) < 4.78 is 38.4. The number of rotatable bonds is 7. The predicted octanol–water partition coefficient (Wildman–Crippen LogP) is 3.74. The van der Waals surface area contributed by atoms with Gasteiger partial charge in [0, 0.05) is 0 Å². The van der Waals surface area contributed by atoms with E-state index in [1.807, 2.05) is 38.1 Å². The van der Waals surface area contributed by atoms with Gasteiger partial charge in [-0.1, -0.05) is 63.7 Å². The largest absolute Gasteiger partial charge is 0.453 e. The Balaban J connectivity index is 2.02. The molecule has 6 nitrogen and oxygen atoms in total. The zero-order chi connectivity index (χ0) is 21.1. The van der Waals surface area contributed by atoms with E-state index in [-0.39, 0.29) is 28.8 Å². The number of amides is 1. The van der Waals surface area contributed by atoms with Crippen molar-refractivity contribution in [2.75, 3.05) is 11.6 Å². The van der Waals surface area contributed by atoms with Crippen LogP contribution in [0.1, 0.15) is 56.6 Å². The molecule has 0 aliphatic carbocycles. The van der Waals surface area contributed by atoms with Gasteiger partial charge in [0.05, 0.1) is 11.8 Å². The Kier molecular flexibility index (Phi) is 6.97. The minimum absolute atomic E-state index is 0.125. The molecule has 1 aromatic heterocycles. The Hall–Kier alpha value is -2.23. The molecule has 28 heavy (non-hydrogen) atoms. The van der Waals surface area contributed by atoms with Crippen LogP contribution in [-0.2, 0) is 11.0 Å². The number of carbonyl (C=O) groups is 1. The van der Waals surface area contributed by atoms with Gasteiger partial charge in [0.15, 0.2) is 0 Å². The molecule has 0 unspecified atom stereocenters. The zero-order valence-electron chi connectivity index (χ0n) is 16.1. The van der Waals surface area contributed by atoms with Gasteiger partial charge < -0.3 is 11.2 Å². The van der Waals surface area contributed by atoms with Gasteiger partial charge >= 0.3 is 6.18 Å². The maximum atomic E-state index is 12.7. The zero-order valence-corrected chi connectivity index (χ0v) is 16.9. The predicted molar refractivity (Wildman–Crippen MR) is 102 cm³/mol. The molecule has 0 spiro atoms. The molecule has 1 amide bonds. The highest BCUT2D eigenvalue weighted by molar-refractivity contribution is 7.99. The number of alkyl halides is 3. The lowest BCUT2D eigenvalue weighted by molar-refractivity contribution is -0.146. The van der Waals surface area contributed by atoms with Crippen LogP contribution in [0.4, 0.5) is 13.2 Å². The van der Waals surface area contributed by atoms with Crippen LogP contribution in [0.3, 0.4) is 0 Å². The molecule has 1 heterocycles. The molecule has 3 N–H and O–H groups in total. The summed E-state index contributed by atoms with van der Waals surface area (Å²) in [7, 11) is 0. The number of hydrogen-bond donors (Lipinski definition) is 2. The average Bonchev–Trinajstić information content (AvgIpc) is 2.98. The number of nitrogens with zero attached hydrogens (tertiary/aromatic N) is 3. The highest BCUT2D eigenvalue weighted by Crippen LogP contribution is 2.29. The van der Waals surface area contributed by atoms with E-state index in [9.17, 15) is 18.0 Å². The van der Waals surface area contributed by atoms with Gasteiger partial charge in [-0.25, -0.2) is 4.68 Å². The monoisotopic (exact) mass is 415 g/mol. The van der Waals surface area contributed by atoms with E-state index in [1.54, 1.807) is 0 Å². The number of carbonyl (C=O) groups excluding carboxylic acids is 1. The molecular formula is C18H24F3N5OS. The summed E-state index contributed by atoms with van der Waals surface area (Å²) >= 11 is 0.800. The lowest BCUT2D eigenvalue weighted by atomic mass is 9.93. The second-order valence-electron chi connectivity index (χ2n) is 7.07. The van der Waals surface area contributed by atoms with Crippen molar-refractivity contribution in [3.63, 3.8) is 0 Å². The molecule has 154 valence electrons. The Labute approximate surface area is 166 Å². The number of benzene rings is 1. The van der Waals surface area contributed by atoms with E-state index in [0.29, 0.717) is 10.6 Å². The van der Waals surface area contributed by atoms with Crippen LogP contribution < -0.4 is 11.2 Å². The first-order valence-corrected chi connectivity index (χ1v) is 9.79. The first kappa shape index (κ1) is 22.1. The number of halogens is 3. The molecule has 2 aromatic rings. The average molecular weight is 415 g/mol. The van der Waals surface area contributed by atoms with Gasteiger partial charge in [-0.2, -0.15) is 13.2 Å². The van der Waals surface area contributed by atoms with Crippen molar-refractivity contribution < 1.29 is 18.0 Å². The van der Waals surface area contributed by atoms with Crippen LogP contribution >= 0.6 is 11.8 Å². The number of hydrogen-bond acceptors (Lipinski definition) is 5. The highest BCUT2D eigenvalue weighted by atomic mass is 32.2. The van der Waals surface area contributed by atoms with Crippen molar-refractivity contribution >= 4 is 17.7 Å². The summed E-state index contributed by atoms with van der Waals surface area (Å²) in [5.74, 6) is 4.16. The van der Waals surface area contributed by atoms with Crippen molar-refractivity contribution in [1.29, 1.82) is 0 Å². The number of thioether (sulfide) groups is 1. The number of nitrogen functional groups attached to an aromatic ring is 1. The topological polar surface area (TPSA) is 85.8 Å². The van der Waals surface area contributed by atoms with E-state index in [0.717, 1.165) is 17.3 Å². The Bertz CT molecular complexity index is 803. The summed E-state index contributed by atoms with van der Waals surface area (Å²) in [6.07, 6.45) is -4.70. The van der Waals surface area contributed by atoms with E-state index < -0.39 is 12.0 Å². The molecule has 1 aromatic carbocycles. The van der Waals surface area contributed by atoms with Crippen LogP contribution in [0.5, 0.6) is 0 Å². The van der Waals surface area contributed by atoms with Gasteiger partial charge in [0.25, 0.3) is 5.82 Å². The van der Waals surface area contributed by atoms with Gasteiger partial charge in [0.1, 0.15) is 0 Å². The fourth-order valence-electron chi connectivity index (χ4n) is 2.64. The molecular weight excluding hydrogens is 391 g/mol. The first-order chi connectivity index (χ1) is 13.0. The van der Waals surface area contributed by atoms with Gasteiger partial charge in [-0.15, -0.1) is 10.2 Å². The second-order valence-corrected chi connectivity index (χ2v) is 8.02. The Morgan fingerprint density at radius 3 is 2.18 bits per heavy atom.